The van der Waals surface area contributed by atoms with E-state index in [0.29, 0.717) is 10.7 Å². The highest BCUT2D eigenvalue weighted by molar-refractivity contribution is 7.92. The second-order valence-corrected chi connectivity index (χ2v) is 10.5. The van der Waals surface area contributed by atoms with Crippen molar-refractivity contribution < 1.29 is 17.5 Å². The van der Waals surface area contributed by atoms with Crippen LogP contribution in [0.15, 0.2) is 64.9 Å². The molecule has 0 unspecified atom stereocenters. The van der Waals surface area contributed by atoms with Gasteiger partial charge < -0.3 is 4.74 Å². The summed E-state index contributed by atoms with van der Waals surface area (Å²) in [5, 5.41) is 2.59. The van der Waals surface area contributed by atoms with Gasteiger partial charge in [-0.3, -0.25) is 9.21 Å². The van der Waals surface area contributed by atoms with Gasteiger partial charge in [-0.2, -0.15) is 0 Å². The number of morpholine rings is 1. The summed E-state index contributed by atoms with van der Waals surface area (Å²) >= 11 is 7.53. The average Bonchev–Trinajstić information content (AvgIpc) is 3.21. The zero-order valence-corrected chi connectivity index (χ0v) is 19.1. The van der Waals surface area contributed by atoms with Crippen LogP contribution in [0.4, 0.5) is 10.1 Å². The monoisotopic (exact) mass is 480 g/mol. The van der Waals surface area contributed by atoms with Crippen molar-refractivity contribution in [3.05, 3.63) is 81.3 Å². The lowest BCUT2D eigenvalue weighted by molar-refractivity contribution is 0.0342. The molecule has 164 valence electrons. The predicted octanol–water partition coefficient (Wildman–Crippen LogP) is 4.77. The molecule has 4 rings (SSSR count). The third-order valence-corrected chi connectivity index (χ3v) is 8.04. The van der Waals surface area contributed by atoms with Crippen molar-refractivity contribution in [3.63, 3.8) is 0 Å². The lowest BCUT2D eigenvalue weighted by Crippen LogP contribution is -2.35. The summed E-state index contributed by atoms with van der Waals surface area (Å²) in [5.41, 5.74) is 1.65. The van der Waals surface area contributed by atoms with Crippen molar-refractivity contribution in [2.24, 2.45) is 0 Å². The van der Waals surface area contributed by atoms with Gasteiger partial charge in [0.15, 0.2) is 0 Å². The maximum absolute atomic E-state index is 13.4. The Balaban J connectivity index is 1.61. The second kappa shape index (κ2) is 9.67. The molecule has 1 fully saturated rings. The maximum atomic E-state index is 13.4. The van der Waals surface area contributed by atoms with Crippen LogP contribution in [0.3, 0.4) is 0 Å². The molecule has 0 N–H and O–H groups in total. The molecule has 0 atom stereocenters. The SMILES string of the molecule is O=S(=O)(c1ccc(F)cc1)N(Cc1cc(CN2CCOCC2)cs1)c1ccc(Cl)cc1. The average molecular weight is 481 g/mol. The number of benzene rings is 2. The number of thiophene rings is 1. The van der Waals surface area contributed by atoms with E-state index in [9.17, 15) is 12.8 Å². The van der Waals surface area contributed by atoms with Crippen LogP contribution >= 0.6 is 22.9 Å². The standard InChI is InChI=1S/C22H22ClFN2O3S2/c23-18-1-5-20(6-2-18)26(31(27,28)22-7-3-19(24)4-8-22)15-21-13-17(16-30-21)14-25-9-11-29-12-10-25/h1-8,13,16H,9-12,14-15H2. The van der Waals surface area contributed by atoms with Crippen LogP contribution < -0.4 is 4.31 Å². The second-order valence-electron chi connectivity index (χ2n) is 7.25. The Morgan fingerprint density at radius 2 is 1.74 bits per heavy atom. The van der Waals surface area contributed by atoms with E-state index in [-0.39, 0.29) is 11.4 Å². The van der Waals surface area contributed by atoms with Gasteiger partial charge in [0, 0.05) is 29.5 Å². The normalized spacial score (nSPS) is 15.2. The highest BCUT2D eigenvalue weighted by Crippen LogP contribution is 2.29. The fourth-order valence-corrected chi connectivity index (χ4v) is 5.93. The predicted molar refractivity (Wildman–Crippen MR) is 122 cm³/mol. The molecule has 5 nitrogen and oxygen atoms in total. The lowest BCUT2D eigenvalue weighted by atomic mass is 10.2. The van der Waals surface area contributed by atoms with E-state index in [0.717, 1.165) is 55.4 Å². The summed E-state index contributed by atoms with van der Waals surface area (Å²) in [7, 11) is -3.90. The first-order valence-electron chi connectivity index (χ1n) is 9.82. The molecule has 1 saturated heterocycles. The highest BCUT2D eigenvalue weighted by atomic mass is 35.5. The van der Waals surface area contributed by atoms with E-state index in [1.165, 1.54) is 27.8 Å². The molecule has 2 aromatic carbocycles. The van der Waals surface area contributed by atoms with Crippen LogP contribution in [0.25, 0.3) is 0 Å². The molecule has 0 aliphatic carbocycles. The minimum Gasteiger partial charge on any atom is -0.379 e. The number of nitrogens with zero attached hydrogens (tertiary/aromatic N) is 2. The Morgan fingerprint density at radius 3 is 2.42 bits per heavy atom. The van der Waals surface area contributed by atoms with Gasteiger partial charge in [0.2, 0.25) is 0 Å². The third kappa shape index (κ3) is 5.45. The molecule has 0 radical (unpaired) electrons. The van der Waals surface area contributed by atoms with E-state index in [1.54, 1.807) is 24.3 Å². The fourth-order valence-electron chi connectivity index (χ4n) is 3.41. The summed E-state index contributed by atoms with van der Waals surface area (Å²) in [6, 6.07) is 13.6. The van der Waals surface area contributed by atoms with Crippen LogP contribution in [-0.2, 0) is 27.8 Å². The minimum atomic E-state index is -3.90. The quantitative estimate of drug-likeness (QED) is 0.489. The zero-order valence-electron chi connectivity index (χ0n) is 16.7. The first-order valence-corrected chi connectivity index (χ1v) is 12.5. The van der Waals surface area contributed by atoms with Crippen molar-refractivity contribution in [1.82, 2.24) is 4.90 Å². The van der Waals surface area contributed by atoms with Gasteiger partial charge in [0.05, 0.1) is 30.3 Å². The minimum absolute atomic E-state index is 0.0361. The summed E-state index contributed by atoms with van der Waals surface area (Å²) in [6.07, 6.45) is 0. The van der Waals surface area contributed by atoms with Gasteiger partial charge in [-0.25, -0.2) is 12.8 Å². The Morgan fingerprint density at radius 1 is 1.06 bits per heavy atom. The number of anilines is 1. The van der Waals surface area contributed by atoms with Gasteiger partial charge in [0.1, 0.15) is 5.82 Å². The van der Waals surface area contributed by atoms with Crippen molar-refractivity contribution in [2.75, 3.05) is 30.6 Å². The van der Waals surface area contributed by atoms with Crippen LogP contribution in [0, 0.1) is 5.82 Å². The van der Waals surface area contributed by atoms with Crippen molar-refractivity contribution in [2.45, 2.75) is 18.0 Å². The highest BCUT2D eigenvalue weighted by Gasteiger charge is 2.26. The Kier molecular flexibility index (Phi) is 6.93. The molecular formula is C22H22ClFN2O3S2. The Bertz CT molecular complexity index is 1110. The molecule has 1 aliphatic heterocycles. The largest absolute Gasteiger partial charge is 0.379 e. The van der Waals surface area contributed by atoms with Crippen LogP contribution in [0.5, 0.6) is 0 Å². The third-order valence-electron chi connectivity index (χ3n) is 5.03. The molecule has 0 amide bonds. The molecule has 0 saturated carbocycles. The van der Waals surface area contributed by atoms with Gasteiger partial charge in [0.25, 0.3) is 10.0 Å². The molecule has 1 aliphatic rings. The van der Waals surface area contributed by atoms with Crippen molar-refractivity contribution in [3.8, 4) is 0 Å². The van der Waals surface area contributed by atoms with Gasteiger partial charge >= 0.3 is 0 Å². The van der Waals surface area contributed by atoms with E-state index < -0.39 is 15.8 Å². The molecule has 31 heavy (non-hydrogen) atoms. The topological polar surface area (TPSA) is 49.9 Å². The maximum Gasteiger partial charge on any atom is 0.264 e. The van der Waals surface area contributed by atoms with E-state index >= 15 is 0 Å². The molecule has 1 aromatic heterocycles. The van der Waals surface area contributed by atoms with Crippen LogP contribution in [-0.4, -0.2) is 39.6 Å². The number of ether oxygens (including phenoxy) is 1. The summed E-state index contributed by atoms with van der Waals surface area (Å²) in [4.78, 5) is 3.28. The lowest BCUT2D eigenvalue weighted by Gasteiger charge is -2.26. The number of hydrogen-bond donors (Lipinski definition) is 0. The van der Waals surface area contributed by atoms with E-state index in [2.05, 4.69) is 10.3 Å². The van der Waals surface area contributed by atoms with Gasteiger partial charge in [-0.05, 0) is 65.5 Å². The van der Waals surface area contributed by atoms with Gasteiger partial charge in [-0.15, -0.1) is 11.3 Å². The molecule has 9 heteroatoms. The molecule has 3 aromatic rings. The summed E-state index contributed by atoms with van der Waals surface area (Å²) in [6.45, 7) is 4.23. The van der Waals surface area contributed by atoms with Crippen molar-refractivity contribution in [1.29, 1.82) is 0 Å². The smallest absolute Gasteiger partial charge is 0.264 e. The fraction of sp³-hybridized carbons (Fsp3) is 0.273. The number of rotatable bonds is 7. The van der Waals surface area contributed by atoms with E-state index in [4.69, 9.17) is 16.3 Å². The number of sulfonamides is 1. The van der Waals surface area contributed by atoms with E-state index in [1.807, 2.05) is 6.07 Å². The summed E-state index contributed by atoms with van der Waals surface area (Å²) in [5.74, 6) is -0.483. The number of hydrogen-bond acceptors (Lipinski definition) is 5. The molecule has 0 spiro atoms. The first kappa shape index (κ1) is 22.2. The van der Waals surface area contributed by atoms with Crippen LogP contribution in [0.1, 0.15) is 10.4 Å². The zero-order chi connectivity index (χ0) is 21.8. The molecule has 0 bridgehead atoms. The first-order chi connectivity index (χ1) is 14.9. The van der Waals surface area contributed by atoms with Gasteiger partial charge in [-0.1, -0.05) is 11.6 Å². The van der Waals surface area contributed by atoms with Crippen molar-refractivity contribution >= 4 is 38.6 Å². The number of halogens is 2. The molecule has 2 heterocycles. The Labute approximate surface area is 190 Å². The van der Waals surface area contributed by atoms with Crippen LogP contribution in [0.2, 0.25) is 5.02 Å². The molecular weight excluding hydrogens is 459 g/mol. The Hall–Kier alpha value is -1.97. The summed E-state index contributed by atoms with van der Waals surface area (Å²) < 4.78 is 46.9.